The molecule has 0 aromatic heterocycles. The summed E-state index contributed by atoms with van der Waals surface area (Å²) in [4.78, 5) is 0. The van der Waals surface area contributed by atoms with Crippen molar-refractivity contribution in [2.45, 2.75) is 155 Å². The first kappa shape index (κ1) is 37.4. The molecule has 0 aliphatic heterocycles. The third-order valence-corrected chi connectivity index (χ3v) is 11.2. The van der Waals surface area contributed by atoms with Crippen LogP contribution < -0.4 is 0 Å². The van der Waals surface area contributed by atoms with Gasteiger partial charge in [0.15, 0.2) is 0 Å². The number of allylic oxidation sites excluding steroid dienone is 2. The van der Waals surface area contributed by atoms with Crippen LogP contribution in [0.15, 0.2) is 22.8 Å². The molecular formula is C38H72O2. The van der Waals surface area contributed by atoms with E-state index in [1.807, 2.05) is 27.7 Å². The van der Waals surface area contributed by atoms with Gasteiger partial charge in [-0.3, -0.25) is 0 Å². The van der Waals surface area contributed by atoms with E-state index >= 15 is 0 Å². The van der Waals surface area contributed by atoms with Gasteiger partial charge in [0.2, 0.25) is 0 Å². The molecule has 0 heterocycles. The zero-order valence-electron chi connectivity index (χ0n) is 29.6. The topological polar surface area (TPSA) is 40.5 Å². The van der Waals surface area contributed by atoms with E-state index in [9.17, 15) is 10.2 Å². The van der Waals surface area contributed by atoms with E-state index in [4.69, 9.17) is 0 Å². The lowest BCUT2D eigenvalue weighted by Gasteiger charge is -2.54. The fraction of sp³-hybridized carbons (Fsp3) is 0.895. The van der Waals surface area contributed by atoms with E-state index in [-0.39, 0.29) is 0 Å². The fourth-order valence-electron chi connectivity index (χ4n) is 8.77. The molecule has 0 aromatic carbocycles. The molecule has 0 spiro atoms. The summed E-state index contributed by atoms with van der Waals surface area (Å²) in [6, 6.07) is 0. The summed E-state index contributed by atoms with van der Waals surface area (Å²) in [6.07, 6.45) is 14.2. The molecule has 2 fully saturated rings. The molecule has 40 heavy (non-hydrogen) atoms. The average Bonchev–Trinajstić information content (AvgIpc) is 2.91. The van der Waals surface area contributed by atoms with Gasteiger partial charge in [0.1, 0.15) is 0 Å². The normalized spacial score (nSPS) is 30.7. The minimum absolute atomic E-state index is 0.297. The lowest BCUT2D eigenvalue weighted by atomic mass is 9.50. The van der Waals surface area contributed by atoms with Crippen molar-refractivity contribution >= 4 is 0 Å². The third-order valence-electron chi connectivity index (χ3n) is 11.2. The Labute approximate surface area is 251 Å². The summed E-state index contributed by atoms with van der Waals surface area (Å²) < 4.78 is 0. The summed E-state index contributed by atoms with van der Waals surface area (Å²) in [5.74, 6) is 2.92. The van der Waals surface area contributed by atoms with Gasteiger partial charge in [-0.2, -0.15) is 0 Å². The van der Waals surface area contributed by atoms with Gasteiger partial charge in [-0.05, 0) is 84.4 Å². The van der Waals surface area contributed by atoms with Gasteiger partial charge in [0, 0.05) is 25.0 Å². The minimum atomic E-state index is 0.297. The maximum absolute atomic E-state index is 9.54. The standard InChI is InChI=1S/2C17H30O.2C2H6/c2*1-12(11-18)13-8-10-16(2,3)14-7-6-9-17(4,5)15(13)14;2*1-2/h12,14,18H,6-11H2,1-5H3;8,12,14-15,18H,6-7,9-11H2,1-5H3;2*1-2H3. The van der Waals surface area contributed by atoms with Crippen molar-refractivity contribution in [2.24, 2.45) is 51.2 Å². The van der Waals surface area contributed by atoms with Crippen molar-refractivity contribution in [1.29, 1.82) is 0 Å². The Morgan fingerprint density at radius 1 is 0.725 bits per heavy atom. The van der Waals surface area contributed by atoms with Crippen LogP contribution in [0, 0.1) is 51.2 Å². The van der Waals surface area contributed by atoms with Gasteiger partial charge in [0.05, 0.1) is 0 Å². The smallest absolute Gasteiger partial charge is 0.0493 e. The minimum Gasteiger partial charge on any atom is -0.396 e. The molecule has 5 unspecified atom stereocenters. The second kappa shape index (κ2) is 15.2. The average molecular weight is 561 g/mol. The Balaban J connectivity index is 0.000000356. The van der Waals surface area contributed by atoms with Crippen LogP contribution in [0.4, 0.5) is 0 Å². The summed E-state index contributed by atoms with van der Waals surface area (Å²) in [7, 11) is 0. The van der Waals surface area contributed by atoms with Crippen LogP contribution in [-0.2, 0) is 0 Å². The molecule has 0 saturated heterocycles. The quantitative estimate of drug-likeness (QED) is 0.336. The number of rotatable bonds is 4. The first-order valence-corrected chi connectivity index (χ1v) is 17.2. The molecule has 5 atom stereocenters. The van der Waals surface area contributed by atoms with Crippen LogP contribution in [0.5, 0.6) is 0 Å². The molecule has 0 amide bonds. The number of hydrogen-bond acceptors (Lipinski definition) is 2. The second-order valence-corrected chi connectivity index (χ2v) is 15.8. The van der Waals surface area contributed by atoms with E-state index in [0.29, 0.717) is 52.6 Å². The summed E-state index contributed by atoms with van der Waals surface area (Å²) in [5, 5.41) is 19.1. The Kier molecular flexibility index (Phi) is 14.2. The molecule has 2 N–H and O–H groups in total. The molecular weight excluding hydrogens is 488 g/mol. The fourth-order valence-corrected chi connectivity index (χ4v) is 8.77. The largest absolute Gasteiger partial charge is 0.396 e. The number of hydrogen-bond donors (Lipinski definition) is 2. The van der Waals surface area contributed by atoms with Gasteiger partial charge in [-0.25, -0.2) is 0 Å². The van der Waals surface area contributed by atoms with Crippen molar-refractivity contribution in [2.75, 3.05) is 13.2 Å². The monoisotopic (exact) mass is 561 g/mol. The summed E-state index contributed by atoms with van der Waals surface area (Å²) in [6.45, 7) is 32.4. The van der Waals surface area contributed by atoms with Gasteiger partial charge in [-0.15, -0.1) is 0 Å². The van der Waals surface area contributed by atoms with Crippen LogP contribution in [0.2, 0.25) is 0 Å². The highest BCUT2D eigenvalue weighted by Crippen LogP contribution is 2.59. The predicted molar refractivity (Wildman–Crippen MR) is 177 cm³/mol. The zero-order chi connectivity index (χ0) is 31.1. The van der Waals surface area contributed by atoms with Crippen LogP contribution >= 0.6 is 0 Å². The Morgan fingerprint density at radius 3 is 1.82 bits per heavy atom. The van der Waals surface area contributed by atoms with E-state index in [2.05, 4.69) is 75.3 Å². The van der Waals surface area contributed by atoms with Crippen molar-refractivity contribution in [3.8, 4) is 0 Å². The molecule has 4 rings (SSSR count). The van der Waals surface area contributed by atoms with Gasteiger partial charge < -0.3 is 10.2 Å². The number of aliphatic hydroxyl groups is 2. The first-order valence-electron chi connectivity index (χ1n) is 17.2. The van der Waals surface area contributed by atoms with Crippen molar-refractivity contribution in [1.82, 2.24) is 0 Å². The highest BCUT2D eigenvalue weighted by molar-refractivity contribution is 5.31. The zero-order valence-corrected chi connectivity index (χ0v) is 29.6. The van der Waals surface area contributed by atoms with Crippen LogP contribution in [-0.4, -0.2) is 23.4 Å². The van der Waals surface area contributed by atoms with E-state index in [0.717, 1.165) is 11.8 Å². The third kappa shape index (κ3) is 8.27. The van der Waals surface area contributed by atoms with E-state index < -0.39 is 0 Å². The highest BCUT2D eigenvalue weighted by Gasteiger charge is 2.49. The van der Waals surface area contributed by atoms with Gasteiger partial charge in [-0.1, -0.05) is 133 Å². The maximum atomic E-state index is 9.54. The van der Waals surface area contributed by atoms with Crippen LogP contribution in [0.25, 0.3) is 0 Å². The summed E-state index contributed by atoms with van der Waals surface area (Å²) in [5.41, 5.74) is 6.48. The molecule has 0 aromatic rings. The second-order valence-electron chi connectivity index (χ2n) is 15.8. The molecule has 0 bridgehead atoms. The summed E-state index contributed by atoms with van der Waals surface area (Å²) >= 11 is 0. The number of fused-ring (bicyclic) bond motifs is 2. The molecule has 2 saturated carbocycles. The van der Waals surface area contributed by atoms with E-state index in [1.54, 1.807) is 16.7 Å². The van der Waals surface area contributed by atoms with Crippen LogP contribution in [0.1, 0.15) is 155 Å². The first-order chi connectivity index (χ1) is 18.6. The molecule has 2 nitrogen and oxygen atoms in total. The van der Waals surface area contributed by atoms with Gasteiger partial charge in [0.25, 0.3) is 0 Å². The lowest BCUT2D eigenvalue weighted by molar-refractivity contribution is 0.00765. The predicted octanol–water partition coefficient (Wildman–Crippen LogP) is 11.0. The van der Waals surface area contributed by atoms with Crippen molar-refractivity contribution < 1.29 is 10.2 Å². The highest BCUT2D eigenvalue weighted by atomic mass is 16.3. The molecule has 2 heteroatoms. The van der Waals surface area contributed by atoms with Crippen molar-refractivity contribution in [3.05, 3.63) is 22.8 Å². The Morgan fingerprint density at radius 2 is 1.27 bits per heavy atom. The van der Waals surface area contributed by atoms with Crippen LogP contribution in [0.3, 0.4) is 0 Å². The molecule has 4 aliphatic rings. The SMILES string of the molecule is CC.CC.CC(CO)C1=C2C(CCCC2(C)C)C(C)(C)CC1.CC(CO)C1=CCC(C)(C)C2CCCC(C)(C)C12. The molecule has 236 valence electrons. The Bertz CT molecular complexity index is 822. The number of aliphatic hydroxyl groups excluding tert-OH is 2. The maximum Gasteiger partial charge on any atom is 0.0493 e. The van der Waals surface area contributed by atoms with Crippen molar-refractivity contribution in [3.63, 3.8) is 0 Å². The lowest BCUT2D eigenvalue weighted by Crippen LogP contribution is -2.46. The Hall–Kier alpha value is -0.600. The van der Waals surface area contributed by atoms with E-state index in [1.165, 1.54) is 57.8 Å². The molecule has 4 aliphatic carbocycles. The van der Waals surface area contributed by atoms with Gasteiger partial charge >= 0.3 is 0 Å². The molecule has 0 radical (unpaired) electrons.